The summed E-state index contributed by atoms with van der Waals surface area (Å²) < 4.78 is 22.8. The maximum Gasteiger partial charge on any atom is 0.322 e. The monoisotopic (exact) mass is 348 g/mol. The zero-order valence-corrected chi connectivity index (χ0v) is 14.5. The fraction of sp³-hybridized carbons (Fsp3) is 0.353. The molecule has 0 aliphatic carbocycles. The van der Waals surface area contributed by atoms with Crippen molar-refractivity contribution < 1.29 is 18.2 Å². The number of furan rings is 1. The molecular formula is C17H20N2O4S. The van der Waals surface area contributed by atoms with Crippen molar-refractivity contribution in [2.24, 2.45) is 0 Å². The van der Waals surface area contributed by atoms with Crippen LogP contribution in [0.5, 0.6) is 0 Å². The number of carbonyl (C=O) groups excluding carboxylic acids is 1. The minimum Gasteiger partial charge on any atom is -0.464 e. The van der Waals surface area contributed by atoms with Gasteiger partial charge in [-0.25, -0.2) is 4.79 Å². The van der Waals surface area contributed by atoms with Crippen LogP contribution < -0.4 is 5.32 Å². The van der Waals surface area contributed by atoms with Crippen LogP contribution in [0.15, 0.2) is 45.7 Å². The summed E-state index contributed by atoms with van der Waals surface area (Å²) in [7, 11) is -1.08. The number of nitrogens with zero attached hydrogens (tertiary/aromatic N) is 1. The third kappa shape index (κ3) is 3.85. The Morgan fingerprint density at radius 2 is 2.17 bits per heavy atom. The van der Waals surface area contributed by atoms with E-state index in [4.69, 9.17) is 9.15 Å². The van der Waals surface area contributed by atoms with E-state index in [9.17, 15) is 9.00 Å². The highest BCUT2D eigenvalue weighted by atomic mass is 32.2. The molecule has 0 spiro atoms. The SMILES string of the molecule is Cc1ccc([C@@H]2CN(C(=O)Nc3cccc([S@](C)=O)c3)CCO2)o1. The lowest BCUT2D eigenvalue weighted by atomic mass is 10.2. The third-order valence-corrected chi connectivity index (χ3v) is 4.77. The number of ether oxygens (including phenoxy) is 1. The van der Waals surface area contributed by atoms with Gasteiger partial charge in [-0.05, 0) is 37.3 Å². The minimum absolute atomic E-state index is 0.203. The van der Waals surface area contributed by atoms with Crippen LogP contribution in [-0.2, 0) is 15.5 Å². The van der Waals surface area contributed by atoms with E-state index in [1.807, 2.05) is 19.1 Å². The van der Waals surface area contributed by atoms with Gasteiger partial charge >= 0.3 is 6.03 Å². The maximum absolute atomic E-state index is 12.5. The summed E-state index contributed by atoms with van der Waals surface area (Å²) >= 11 is 0. The molecule has 1 aliphatic heterocycles. The largest absolute Gasteiger partial charge is 0.464 e. The lowest BCUT2D eigenvalue weighted by Crippen LogP contribution is -2.44. The summed E-state index contributed by atoms with van der Waals surface area (Å²) in [5.74, 6) is 1.55. The Morgan fingerprint density at radius 3 is 2.88 bits per heavy atom. The molecule has 7 heteroatoms. The summed E-state index contributed by atoms with van der Waals surface area (Å²) in [6.45, 7) is 3.28. The van der Waals surface area contributed by atoms with Gasteiger partial charge in [0.05, 0.1) is 13.2 Å². The van der Waals surface area contributed by atoms with E-state index in [1.165, 1.54) is 0 Å². The van der Waals surface area contributed by atoms with Crippen LogP contribution in [0.2, 0.25) is 0 Å². The number of benzene rings is 1. The molecule has 2 heterocycles. The molecular weight excluding hydrogens is 328 g/mol. The molecule has 1 aromatic heterocycles. The van der Waals surface area contributed by atoms with Gasteiger partial charge in [-0.2, -0.15) is 0 Å². The van der Waals surface area contributed by atoms with Crippen LogP contribution in [-0.4, -0.2) is 41.1 Å². The Labute approximate surface area is 143 Å². The number of morpholine rings is 1. The van der Waals surface area contributed by atoms with Crippen molar-refractivity contribution in [1.82, 2.24) is 4.90 Å². The molecule has 0 radical (unpaired) electrons. The van der Waals surface area contributed by atoms with E-state index in [-0.39, 0.29) is 12.1 Å². The number of urea groups is 1. The van der Waals surface area contributed by atoms with Crippen molar-refractivity contribution in [2.45, 2.75) is 17.9 Å². The maximum atomic E-state index is 12.5. The quantitative estimate of drug-likeness (QED) is 0.926. The molecule has 0 saturated carbocycles. The van der Waals surface area contributed by atoms with Crippen LogP contribution in [0.3, 0.4) is 0 Å². The fourth-order valence-corrected chi connectivity index (χ4v) is 3.15. The molecule has 1 N–H and O–H groups in total. The normalized spacial score (nSPS) is 19.1. The third-order valence-electron chi connectivity index (χ3n) is 3.85. The lowest BCUT2D eigenvalue weighted by molar-refractivity contribution is -0.0246. The smallest absolute Gasteiger partial charge is 0.322 e. The van der Waals surface area contributed by atoms with Crippen molar-refractivity contribution in [1.29, 1.82) is 0 Å². The molecule has 2 amide bonds. The average Bonchev–Trinajstić information content (AvgIpc) is 3.02. The molecule has 1 aliphatic rings. The first kappa shape index (κ1) is 16.7. The predicted molar refractivity (Wildman–Crippen MR) is 91.5 cm³/mol. The van der Waals surface area contributed by atoms with E-state index < -0.39 is 10.8 Å². The predicted octanol–water partition coefficient (Wildman–Crippen LogP) is 2.93. The Balaban J connectivity index is 1.66. The second kappa shape index (κ2) is 7.19. The number of anilines is 1. The molecule has 1 saturated heterocycles. The summed E-state index contributed by atoms with van der Waals surface area (Å²) in [5.41, 5.74) is 0.629. The number of hydrogen-bond acceptors (Lipinski definition) is 4. The van der Waals surface area contributed by atoms with Gasteiger partial charge in [-0.3, -0.25) is 4.21 Å². The lowest BCUT2D eigenvalue weighted by Gasteiger charge is -2.32. The fourth-order valence-electron chi connectivity index (χ4n) is 2.59. The Morgan fingerprint density at radius 1 is 1.33 bits per heavy atom. The Hall–Kier alpha value is -2.12. The van der Waals surface area contributed by atoms with Gasteiger partial charge in [0.15, 0.2) is 0 Å². The zero-order valence-electron chi connectivity index (χ0n) is 13.7. The first-order valence-electron chi connectivity index (χ1n) is 7.70. The van der Waals surface area contributed by atoms with Gasteiger partial charge in [-0.1, -0.05) is 6.07 Å². The van der Waals surface area contributed by atoms with Crippen molar-refractivity contribution in [3.05, 3.63) is 47.9 Å². The van der Waals surface area contributed by atoms with Crippen molar-refractivity contribution in [2.75, 3.05) is 31.3 Å². The van der Waals surface area contributed by atoms with Crippen LogP contribution >= 0.6 is 0 Å². The van der Waals surface area contributed by atoms with Gasteiger partial charge in [0, 0.05) is 34.2 Å². The molecule has 3 rings (SSSR count). The summed E-state index contributed by atoms with van der Waals surface area (Å²) in [6.07, 6.45) is 1.35. The van der Waals surface area contributed by atoms with E-state index in [0.717, 1.165) is 11.5 Å². The molecule has 2 atom stereocenters. The first-order valence-corrected chi connectivity index (χ1v) is 9.26. The number of aryl methyl sites for hydroxylation is 1. The molecule has 0 unspecified atom stereocenters. The number of carbonyl (C=O) groups is 1. The Bertz CT molecular complexity index is 759. The Kier molecular flexibility index (Phi) is 5.01. The van der Waals surface area contributed by atoms with Crippen molar-refractivity contribution in [3.8, 4) is 0 Å². The summed E-state index contributed by atoms with van der Waals surface area (Å²) in [4.78, 5) is 14.9. The van der Waals surface area contributed by atoms with E-state index in [2.05, 4.69) is 5.32 Å². The van der Waals surface area contributed by atoms with Gasteiger partial charge in [0.2, 0.25) is 0 Å². The van der Waals surface area contributed by atoms with Crippen LogP contribution in [0.25, 0.3) is 0 Å². The standard InChI is InChI=1S/C17H20N2O4S/c1-12-6-7-15(23-12)16-11-19(8-9-22-16)17(20)18-13-4-3-5-14(10-13)24(2)21/h3-7,10,16H,8-9,11H2,1-2H3,(H,18,20)/t16-,24-/m0/s1. The van der Waals surface area contributed by atoms with E-state index in [0.29, 0.717) is 30.3 Å². The molecule has 24 heavy (non-hydrogen) atoms. The highest BCUT2D eigenvalue weighted by Gasteiger charge is 2.27. The van der Waals surface area contributed by atoms with Crippen molar-refractivity contribution in [3.63, 3.8) is 0 Å². The zero-order chi connectivity index (χ0) is 17.1. The average molecular weight is 348 g/mol. The number of nitrogens with one attached hydrogen (secondary N) is 1. The van der Waals surface area contributed by atoms with E-state index in [1.54, 1.807) is 35.4 Å². The molecule has 2 aromatic rings. The molecule has 1 aromatic carbocycles. The van der Waals surface area contributed by atoms with Crippen molar-refractivity contribution >= 4 is 22.5 Å². The van der Waals surface area contributed by atoms with Gasteiger partial charge in [-0.15, -0.1) is 0 Å². The second-order valence-corrected chi connectivity index (χ2v) is 7.05. The van der Waals surface area contributed by atoms with Gasteiger partial charge < -0.3 is 19.4 Å². The second-order valence-electron chi connectivity index (χ2n) is 5.67. The highest BCUT2D eigenvalue weighted by molar-refractivity contribution is 7.84. The number of rotatable bonds is 3. The summed E-state index contributed by atoms with van der Waals surface area (Å²) in [6, 6.07) is 10.6. The summed E-state index contributed by atoms with van der Waals surface area (Å²) in [5, 5.41) is 2.85. The minimum atomic E-state index is -1.08. The molecule has 128 valence electrons. The number of amides is 2. The molecule has 6 nitrogen and oxygen atoms in total. The van der Waals surface area contributed by atoms with Gasteiger partial charge in [0.1, 0.15) is 17.6 Å². The van der Waals surface area contributed by atoms with E-state index >= 15 is 0 Å². The molecule has 1 fully saturated rings. The molecule has 0 bridgehead atoms. The van der Waals surface area contributed by atoms with Crippen LogP contribution in [0.4, 0.5) is 10.5 Å². The van der Waals surface area contributed by atoms with Gasteiger partial charge in [0.25, 0.3) is 0 Å². The number of hydrogen-bond donors (Lipinski definition) is 1. The van der Waals surface area contributed by atoms with Crippen LogP contribution in [0, 0.1) is 6.92 Å². The first-order chi connectivity index (χ1) is 11.5. The van der Waals surface area contributed by atoms with Crippen LogP contribution in [0.1, 0.15) is 17.6 Å². The highest BCUT2D eigenvalue weighted by Crippen LogP contribution is 2.24. The topological polar surface area (TPSA) is 71.8 Å².